The largest absolute Gasteiger partial charge is 0.463 e. The molecule has 0 aromatic rings. The molecule has 0 bridgehead atoms. The Morgan fingerprint density at radius 3 is 1.47 bits per heavy atom. The Labute approximate surface area is 236 Å². The Hall–Kier alpha value is -0.690. The van der Waals surface area contributed by atoms with Crippen LogP contribution in [0.5, 0.6) is 0 Å². The van der Waals surface area contributed by atoms with E-state index in [1.807, 2.05) is 27.7 Å². The number of rotatable bonds is 27. The summed E-state index contributed by atoms with van der Waals surface area (Å²) in [6.45, 7) is 19.4. The predicted molar refractivity (Wildman–Crippen MR) is 158 cm³/mol. The Morgan fingerprint density at radius 1 is 0.526 bits per heavy atom. The second kappa shape index (κ2) is 25.3. The summed E-state index contributed by atoms with van der Waals surface area (Å²) in [7, 11) is 0. The zero-order chi connectivity index (χ0) is 28.6. The highest BCUT2D eigenvalue weighted by Crippen LogP contribution is 2.19. The number of carbonyl (C=O) groups excluding carboxylic acids is 1. The summed E-state index contributed by atoms with van der Waals surface area (Å²) >= 11 is 0. The van der Waals surface area contributed by atoms with Gasteiger partial charge in [0.2, 0.25) is 0 Å². The van der Waals surface area contributed by atoms with Crippen molar-refractivity contribution in [3.8, 4) is 0 Å². The van der Waals surface area contributed by atoms with Gasteiger partial charge in [-0.2, -0.15) is 0 Å². The van der Waals surface area contributed by atoms with Crippen molar-refractivity contribution in [1.82, 2.24) is 0 Å². The standard InChI is InChI=1S/C32H64O6/c1-9-13-16-17-19-30(18-14-10-2)25-37-28(7)23-35-26(5)21-34-27(6)22-36-29(8)24-38-32(33)31(12-4)20-15-11-3/h26-31H,9-25H2,1-8H3. The fourth-order valence-electron chi connectivity index (χ4n) is 4.31. The molecule has 6 heteroatoms. The highest BCUT2D eigenvalue weighted by Gasteiger charge is 2.19. The second-order valence-corrected chi connectivity index (χ2v) is 11.3. The monoisotopic (exact) mass is 544 g/mol. The van der Waals surface area contributed by atoms with Crippen LogP contribution in [-0.4, -0.2) is 63.4 Å². The maximum Gasteiger partial charge on any atom is 0.309 e. The smallest absolute Gasteiger partial charge is 0.309 e. The molecule has 0 heterocycles. The number of unbranched alkanes of at least 4 members (excludes halogenated alkanes) is 5. The molecule has 0 amide bonds. The highest BCUT2D eigenvalue weighted by molar-refractivity contribution is 5.72. The number of ether oxygens (including phenoxy) is 5. The molecule has 0 N–H and O–H groups in total. The van der Waals surface area contributed by atoms with E-state index in [2.05, 4.69) is 27.7 Å². The van der Waals surface area contributed by atoms with Crippen LogP contribution < -0.4 is 0 Å². The lowest BCUT2D eigenvalue weighted by molar-refractivity contribution is -0.154. The lowest BCUT2D eigenvalue weighted by atomic mass is 9.96. The molecule has 228 valence electrons. The number of hydrogen-bond acceptors (Lipinski definition) is 6. The second-order valence-electron chi connectivity index (χ2n) is 11.3. The minimum Gasteiger partial charge on any atom is -0.463 e. The van der Waals surface area contributed by atoms with Crippen LogP contribution in [0.1, 0.15) is 132 Å². The van der Waals surface area contributed by atoms with Gasteiger partial charge in [0.05, 0.1) is 50.2 Å². The van der Waals surface area contributed by atoms with Crippen LogP contribution >= 0.6 is 0 Å². The van der Waals surface area contributed by atoms with Crippen molar-refractivity contribution in [3.63, 3.8) is 0 Å². The van der Waals surface area contributed by atoms with Crippen LogP contribution in [0.25, 0.3) is 0 Å². The van der Waals surface area contributed by atoms with Gasteiger partial charge >= 0.3 is 5.97 Å². The van der Waals surface area contributed by atoms with Crippen LogP contribution in [0.3, 0.4) is 0 Å². The van der Waals surface area contributed by atoms with Gasteiger partial charge in [0.15, 0.2) is 0 Å². The fourth-order valence-corrected chi connectivity index (χ4v) is 4.31. The van der Waals surface area contributed by atoms with E-state index < -0.39 is 0 Å². The Morgan fingerprint density at radius 2 is 0.974 bits per heavy atom. The first-order chi connectivity index (χ1) is 18.3. The summed E-state index contributed by atoms with van der Waals surface area (Å²) in [4.78, 5) is 12.3. The number of hydrogen-bond donors (Lipinski definition) is 0. The first-order valence-electron chi connectivity index (χ1n) is 15.9. The normalized spacial score (nSPS) is 16.5. The van der Waals surface area contributed by atoms with Crippen molar-refractivity contribution in [1.29, 1.82) is 0 Å². The van der Waals surface area contributed by atoms with Gasteiger partial charge in [0.25, 0.3) is 0 Å². The minimum atomic E-state index is -0.159. The molecule has 6 atom stereocenters. The first-order valence-corrected chi connectivity index (χ1v) is 15.9. The van der Waals surface area contributed by atoms with Gasteiger partial charge in [0.1, 0.15) is 6.61 Å². The van der Waals surface area contributed by atoms with Gasteiger partial charge in [-0.3, -0.25) is 4.79 Å². The number of esters is 1. The molecule has 6 nitrogen and oxygen atoms in total. The Balaban J connectivity index is 4.07. The maximum absolute atomic E-state index is 12.3. The van der Waals surface area contributed by atoms with E-state index in [0.717, 1.165) is 32.3 Å². The van der Waals surface area contributed by atoms with Crippen LogP contribution in [-0.2, 0) is 28.5 Å². The summed E-state index contributed by atoms with van der Waals surface area (Å²) in [5.74, 6) is 0.557. The van der Waals surface area contributed by atoms with E-state index in [0.29, 0.717) is 25.7 Å². The van der Waals surface area contributed by atoms with Crippen molar-refractivity contribution in [2.24, 2.45) is 11.8 Å². The molecule has 0 aromatic heterocycles. The predicted octanol–water partition coefficient (Wildman–Crippen LogP) is 8.14. The first kappa shape index (κ1) is 37.3. The van der Waals surface area contributed by atoms with Crippen LogP contribution in [0, 0.1) is 11.8 Å². The quantitative estimate of drug-likeness (QED) is 0.0768. The van der Waals surface area contributed by atoms with E-state index in [9.17, 15) is 4.79 Å². The van der Waals surface area contributed by atoms with Crippen molar-refractivity contribution < 1.29 is 28.5 Å². The Kier molecular flexibility index (Phi) is 24.8. The van der Waals surface area contributed by atoms with Gasteiger partial charge in [-0.1, -0.05) is 79.1 Å². The molecule has 6 unspecified atom stereocenters. The van der Waals surface area contributed by atoms with E-state index in [-0.39, 0.29) is 42.9 Å². The third-order valence-electron chi connectivity index (χ3n) is 7.09. The summed E-state index contributed by atoms with van der Waals surface area (Å²) < 4.78 is 29.4. The zero-order valence-corrected chi connectivity index (χ0v) is 26.4. The summed E-state index contributed by atoms with van der Waals surface area (Å²) in [5.41, 5.74) is 0. The average Bonchev–Trinajstić information content (AvgIpc) is 2.91. The van der Waals surface area contributed by atoms with Crippen molar-refractivity contribution >= 4 is 5.97 Å². The molecule has 0 aliphatic heterocycles. The lowest BCUT2D eigenvalue weighted by Gasteiger charge is -2.23. The average molecular weight is 545 g/mol. The fraction of sp³-hybridized carbons (Fsp3) is 0.969. The lowest BCUT2D eigenvalue weighted by Crippen LogP contribution is -2.29. The maximum atomic E-state index is 12.3. The molecule has 0 radical (unpaired) electrons. The van der Waals surface area contributed by atoms with Gasteiger partial charge in [-0.05, 0) is 59.3 Å². The van der Waals surface area contributed by atoms with E-state index in [1.54, 1.807) is 0 Å². The van der Waals surface area contributed by atoms with Crippen molar-refractivity contribution in [2.75, 3.05) is 33.0 Å². The molecule has 0 rings (SSSR count). The topological polar surface area (TPSA) is 63.2 Å². The molecule has 0 fully saturated rings. The minimum absolute atomic E-state index is 0.00273. The van der Waals surface area contributed by atoms with Gasteiger partial charge in [0, 0.05) is 6.61 Å². The van der Waals surface area contributed by atoms with Gasteiger partial charge in [-0.15, -0.1) is 0 Å². The van der Waals surface area contributed by atoms with Crippen LogP contribution in [0.2, 0.25) is 0 Å². The van der Waals surface area contributed by atoms with E-state index in [1.165, 1.54) is 51.4 Å². The molecule has 0 saturated heterocycles. The highest BCUT2D eigenvalue weighted by atomic mass is 16.6. The SMILES string of the molecule is CCCCCCC(CCCC)COC(C)COC(C)COC(C)COC(C)COC(=O)C(CC)CCCC. The molecule has 0 saturated carbocycles. The summed E-state index contributed by atoms with van der Waals surface area (Å²) in [6, 6.07) is 0. The van der Waals surface area contributed by atoms with Crippen molar-refractivity contribution in [2.45, 2.75) is 157 Å². The Bertz CT molecular complexity index is 528. The molecule has 0 spiro atoms. The van der Waals surface area contributed by atoms with Gasteiger partial charge < -0.3 is 23.7 Å². The molecule has 0 aliphatic carbocycles. The number of carbonyl (C=O) groups is 1. The molecular formula is C32H64O6. The van der Waals surface area contributed by atoms with Gasteiger partial charge in [-0.25, -0.2) is 0 Å². The zero-order valence-electron chi connectivity index (χ0n) is 26.4. The third kappa shape index (κ3) is 21.2. The molecule has 0 aliphatic rings. The van der Waals surface area contributed by atoms with Crippen LogP contribution in [0.4, 0.5) is 0 Å². The van der Waals surface area contributed by atoms with E-state index >= 15 is 0 Å². The molecular weight excluding hydrogens is 480 g/mol. The summed E-state index contributed by atoms with van der Waals surface area (Å²) in [5, 5.41) is 0. The molecule has 38 heavy (non-hydrogen) atoms. The van der Waals surface area contributed by atoms with Crippen LogP contribution in [0.15, 0.2) is 0 Å². The third-order valence-corrected chi connectivity index (χ3v) is 7.09. The van der Waals surface area contributed by atoms with Crippen molar-refractivity contribution in [3.05, 3.63) is 0 Å². The summed E-state index contributed by atoms with van der Waals surface area (Å²) in [6.07, 6.45) is 14.1. The van der Waals surface area contributed by atoms with E-state index in [4.69, 9.17) is 23.7 Å². The molecule has 0 aromatic carbocycles.